The Morgan fingerprint density at radius 2 is 2.40 bits per heavy atom. The van der Waals surface area contributed by atoms with Crippen LogP contribution in [0, 0.1) is 0 Å². The van der Waals surface area contributed by atoms with E-state index in [0.717, 1.165) is 17.8 Å². The lowest BCUT2D eigenvalue weighted by molar-refractivity contribution is -0.660. The third-order valence-corrected chi connectivity index (χ3v) is 4.28. The SMILES string of the molecule is O[C@]1(c2cccs2)CNC2=[N+]1CCCC2. The normalized spacial score (nSPS) is 30.2. The lowest BCUT2D eigenvalue weighted by atomic mass is 10.1. The molecule has 0 aliphatic carbocycles. The summed E-state index contributed by atoms with van der Waals surface area (Å²) in [6, 6.07) is 4.02. The second-order valence-corrected chi connectivity index (χ2v) is 5.15. The molecule has 3 nitrogen and oxygen atoms in total. The molecule has 0 spiro atoms. The summed E-state index contributed by atoms with van der Waals surface area (Å²) >= 11 is 1.63. The lowest BCUT2D eigenvalue weighted by Crippen LogP contribution is -2.40. The summed E-state index contributed by atoms with van der Waals surface area (Å²) in [5, 5.41) is 16.1. The number of aliphatic hydroxyl groups is 1. The Morgan fingerprint density at radius 1 is 1.47 bits per heavy atom. The van der Waals surface area contributed by atoms with Crippen LogP contribution in [0.1, 0.15) is 24.1 Å². The molecular weight excluding hydrogens is 208 g/mol. The quantitative estimate of drug-likeness (QED) is 0.699. The van der Waals surface area contributed by atoms with Crippen molar-refractivity contribution >= 4 is 17.2 Å². The molecule has 0 aromatic carbocycles. The van der Waals surface area contributed by atoms with Gasteiger partial charge in [0, 0.05) is 6.42 Å². The predicted octanol–water partition coefficient (Wildman–Crippen LogP) is 1.09. The Bertz CT molecular complexity index is 399. The number of nitrogens with one attached hydrogen (secondary N) is 1. The number of β-amino-alcohol motifs (C(OH)–C–C–N with tert-alkyl or cyclic N) is 1. The zero-order chi connectivity index (χ0) is 10.3. The van der Waals surface area contributed by atoms with Gasteiger partial charge in [-0.05, 0) is 24.3 Å². The molecule has 0 unspecified atom stereocenters. The molecule has 80 valence electrons. The van der Waals surface area contributed by atoms with Crippen molar-refractivity contribution in [3.63, 3.8) is 0 Å². The third kappa shape index (κ3) is 1.32. The maximum atomic E-state index is 10.7. The van der Waals surface area contributed by atoms with Crippen LogP contribution in [0.4, 0.5) is 0 Å². The minimum absolute atomic E-state index is 0.628. The fraction of sp³-hybridized carbons (Fsp3) is 0.545. The lowest BCUT2D eigenvalue weighted by Gasteiger charge is -2.22. The van der Waals surface area contributed by atoms with Gasteiger partial charge in [-0.1, -0.05) is 6.07 Å². The Balaban J connectivity index is 2.03. The van der Waals surface area contributed by atoms with Crippen molar-refractivity contribution in [2.45, 2.75) is 25.0 Å². The van der Waals surface area contributed by atoms with Crippen molar-refractivity contribution in [2.24, 2.45) is 0 Å². The van der Waals surface area contributed by atoms with Crippen molar-refractivity contribution < 1.29 is 9.68 Å². The van der Waals surface area contributed by atoms with Crippen LogP contribution in [0.25, 0.3) is 0 Å². The second-order valence-electron chi connectivity index (χ2n) is 4.20. The summed E-state index contributed by atoms with van der Waals surface area (Å²) in [6.07, 6.45) is 3.49. The Labute approximate surface area is 93.1 Å². The minimum atomic E-state index is -0.788. The van der Waals surface area contributed by atoms with Gasteiger partial charge in [-0.3, -0.25) is 5.32 Å². The average Bonchev–Trinajstić information content (AvgIpc) is 2.88. The molecule has 0 saturated carbocycles. The Hall–Kier alpha value is -0.870. The van der Waals surface area contributed by atoms with E-state index >= 15 is 0 Å². The van der Waals surface area contributed by atoms with Crippen molar-refractivity contribution in [3.8, 4) is 0 Å². The molecule has 0 bridgehead atoms. The number of hydrogen-bond donors (Lipinski definition) is 2. The van der Waals surface area contributed by atoms with Crippen LogP contribution in [-0.2, 0) is 5.72 Å². The van der Waals surface area contributed by atoms with Crippen LogP contribution in [-0.4, -0.2) is 28.6 Å². The highest BCUT2D eigenvalue weighted by Crippen LogP contribution is 2.31. The molecule has 1 aromatic rings. The van der Waals surface area contributed by atoms with E-state index in [-0.39, 0.29) is 0 Å². The van der Waals surface area contributed by atoms with Gasteiger partial charge < -0.3 is 5.11 Å². The summed E-state index contributed by atoms with van der Waals surface area (Å²) in [5.41, 5.74) is -0.788. The van der Waals surface area contributed by atoms with Gasteiger partial charge in [0.25, 0.3) is 5.72 Å². The molecule has 0 fully saturated rings. The van der Waals surface area contributed by atoms with E-state index < -0.39 is 5.72 Å². The highest BCUT2D eigenvalue weighted by Gasteiger charge is 2.48. The van der Waals surface area contributed by atoms with Gasteiger partial charge in [-0.15, -0.1) is 11.3 Å². The van der Waals surface area contributed by atoms with E-state index in [4.69, 9.17) is 0 Å². The maximum absolute atomic E-state index is 10.7. The maximum Gasteiger partial charge on any atom is 0.279 e. The first-order chi connectivity index (χ1) is 7.31. The molecule has 3 rings (SSSR count). The number of nitrogens with zero attached hydrogens (tertiary/aromatic N) is 1. The molecule has 2 aliphatic heterocycles. The zero-order valence-corrected chi connectivity index (χ0v) is 9.39. The Kier molecular flexibility index (Phi) is 2.07. The van der Waals surface area contributed by atoms with Crippen LogP contribution >= 0.6 is 11.3 Å². The van der Waals surface area contributed by atoms with Crippen molar-refractivity contribution in [1.82, 2.24) is 5.32 Å². The average molecular weight is 223 g/mol. The van der Waals surface area contributed by atoms with Crippen molar-refractivity contribution in [3.05, 3.63) is 22.4 Å². The second kappa shape index (κ2) is 3.32. The molecule has 2 N–H and O–H groups in total. The van der Waals surface area contributed by atoms with E-state index in [1.165, 1.54) is 18.7 Å². The topological polar surface area (TPSA) is 35.3 Å². The molecule has 0 saturated heterocycles. The van der Waals surface area contributed by atoms with Gasteiger partial charge in [0.1, 0.15) is 0 Å². The van der Waals surface area contributed by atoms with Crippen LogP contribution < -0.4 is 5.32 Å². The Morgan fingerprint density at radius 3 is 3.20 bits per heavy atom. The van der Waals surface area contributed by atoms with E-state index in [9.17, 15) is 5.11 Å². The highest BCUT2D eigenvalue weighted by atomic mass is 32.1. The van der Waals surface area contributed by atoms with Gasteiger partial charge in [0.15, 0.2) is 6.54 Å². The molecule has 0 radical (unpaired) electrons. The summed E-state index contributed by atoms with van der Waals surface area (Å²) in [5.74, 6) is 1.22. The van der Waals surface area contributed by atoms with Crippen LogP contribution in [0.2, 0.25) is 0 Å². The molecule has 1 atom stereocenters. The minimum Gasteiger partial charge on any atom is -0.346 e. The first-order valence-corrected chi connectivity index (χ1v) is 6.32. The molecule has 0 amide bonds. The molecular formula is C11H15N2OS+. The van der Waals surface area contributed by atoms with E-state index in [2.05, 4.69) is 9.89 Å². The summed E-state index contributed by atoms with van der Waals surface area (Å²) < 4.78 is 2.14. The first kappa shape index (κ1) is 9.36. The standard InChI is InChI=1S/C11H14N2OS/c14-11(9-4-3-7-15-9)8-12-10-5-1-2-6-13(10)11/h3-4,7,14H,1-2,5-6,8H2/p+1/t11-/m0/s1. The fourth-order valence-electron chi connectivity index (χ4n) is 2.47. The van der Waals surface area contributed by atoms with Gasteiger partial charge in [0.05, 0.1) is 11.4 Å². The van der Waals surface area contributed by atoms with Gasteiger partial charge >= 0.3 is 0 Å². The zero-order valence-electron chi connectivity index (χ0n) is 8.57. The summed E-state index contributed by atoms with van der Waals surface area (Å²) in [4.78, 5) is 1.05. The van der Waals surface area contributed by atoms with Crippen LogP contribution in [0.3, 0.4) is 0 Å². The van der Waals surface area contributed by atoms with Gasteiger partial charge in [-0.25, -0.2) is 4.58 Å². The predicted molar refractivity (Wildman–Crippen MR) is 60.2 cm³/mol. The van der Waals surface area contributed by atoms with Gasteiger partial charge in [-0.2, -0.15) is 0 Å². The molecule has 4 heteroatoms. The van der Waals surface area contributed by atoms with Crippen LogP contribution in [0.5, 0.6) is 0 Å². The fourth-order valence-corrected chi connectivity index (χ4v) is 3.30. The van der Waals surface area contributed by atoms with Crippen molar-refractivity contribution in [2.75, 3.05) is 13.1 Å². The molecule has 15 heavy (non-hydrogen) atoms. The highest BCUT2D eigenvalue weighted by molar-refractivity contribution is 7.10. The molecule has 1 aromatic heterocycles. The number of rotatable bonds is 1. The largest absolute Gasteiger partial charge is 0.346 e. The van der Waals surface area contributed by atoms with E-state index in [0.29, 0.717) is 6.54 Å². The summed E-state index contributed by atoms with van der Waals surface area (Å²) in [7, 11) is 0. The summed E-state index contributed by atoms with van der Waals surface area (Å²) in [6.45, 7) is 1.60. The number of hydrogen-bond acceptors (Lipinski definition) is 3. The monoisotopic (exact) mass is 223 g/mol. The number of amidine groups is 1. The van der Waals surface area contributed by atoms with E-state index in [1.807, 2.05) is 17.5 Å². The van der Waals surface area contributed by atoms with Gasteiger partial charge in [0.2, 0.25) is 5.84 Å². The van der Waals surface area contributed by atoms with Crippen molar-refractivity contribution in [1.29, 1.82) is 0 Å². The van der Waals surface area contributed by atoms with Crippen LogP contribution in [0.15, 0.2) is 17.5 Å². The first-order valence-electron chi connectivity index (χ1n) is 5.44. The third-order valence-electron chi connectivity index (χ3n) is 3.27. The smallest absolute Gasteiger partial charge is 0.279 e. The molecule has 3 heterocycles. The molecule has 2 aliphatic rings. The number of thiophene rings is 1. The van der Waals surface area contributed by atoms with E-state index in [1.54, 1.807) is 11.3 Å².